The third-order valence-corrected chi connectivity index (χ3v) is 5.50. The van der Waals surface area contributed by atoms with Crippen molar-refractivity contribution in [2.75, 3.05) is 5.32 Å². The molecule has 0 spiro atoms. The Balaban J connectivity index is 1.55. The molecule has 0 saturated heterocycles. The van der Waals surface area contributed by atoms with E-state index in [9.17, 15) is 9.90 Å². The first-order valence-electron chi connectivity index (χ1n) is 9.92. The molecular formula is C22H22N6O2. The molecule has 152 valence electrons. The molecule has 1 fully saturated rings. The molecule has 0 bridgehead atoms. The van der Waals surface area contributed by atoms with Gasteiger partial charge in [0.1, 0.15) is 0 Å². The average Bonchev–Trinajstić information content (AvgIpc) is 3.23. The number of rotatable bonds is 5. The molecular weight excluding hydrogens is 380 g/mol. The Hall–Kier alpha value is -3.73. The van der Waals surface area contributed by atoms with Crippen molar-refractivity contribution in [3.63, 3.8) is 0 Å². The standard InChI is InChI=1S/C22H22N6O2/c1-14-11-24-22(27-20(14)18-4-2-3-5-19(18)21(29)30)26-16-12-25-28(13-16)17-8-6-15(10-23)7-9-17/h2-5,11-13,15,17H,6-9H2,1H3,(H,29,30)(H,24,26,27)/t15-,17+. The van der Waals surface area contributed by atoms with Gasteiger partial charge in [-0.05, 0) is 44.2 Å². The van der Waals surface area contributed by atoms with Crippen molar-refractivity contribution in [3.05, 3.63) is 54.0 Å². The predicted molar refractivity (Wildman–Crippen MR) is 111 cm³/mol. The van der Waals surface area contributed by atoms with E-state index >= 15 is 0 Å². The lowest BCUT2D eigenvalue weighted by molar-refractivity contribution is 0.0697. The number of hydrogen-bond donors (Lipinski definition) is 2. The second-order valence-corrected chi connectivity index (χ2v) is 7.54. The number of carbonyl (C=O) groups is 1. The highest BCUT2D eigenvalue weighted by atomic mass is 16.4. The summed E-state index contributed by atoms with van der Waals surface area (Å²) in [5, 5.41) is 26.2. The minimum absolute atomic E-state index is 0.155. The first-order chi connectivity index (χ1) is 14.5. The summed E-state index contributed by atoms with van der Waals surface area (Å²) in [5.41, 5.74) is 2.88. The number of aryl methyl sites for hydroxylation is 1. The van der Waals surface area contributed by atoms with Crippen LogP contribution in [0.5, 0.6) is 0 Å². The number of carboxylic acid groups (broad SMARTS) is 1. The molecule has 1 aromatic carbocycles. The summed E-state index contributed by atoms with van der Waals surface area (Å²) < 4.78 is 1.94. The molecule has 30 heavy (non-hydrogen) atoms. The zero-order chi connectivity index (χ0) is 21.1. The predicted octanol–water partition coefficient (Wildman–Crippen LogP) is 4.35. The Kier molecular flexibility index (Phi) is 5.44. The van der Waals surface area contributed by atoms with Crippen molar-refractivity contribution in [2.24, 2.45) is 5.92 Å². The van der Waals surface area contributed by atoms with Gasteiger partial charge in [-0.1, -0.05) is 18.2 Å². The summed E-state index contributed by atoms with van der Waals surface area (Å²) in [4.78, 5) is 20.5. The quantitative estimate of drug-likeness (QED) is 0.652. The van der Waals surface area contributed by atoms with Crippen LogP contribution in [0, 0.1) is 24.2 Å². The number of nitriles is 1. The zero-order valence-electron chi connectivity index (χ0n) is 16.6. The number of benzene rings is 1. The lowest BCUT2D eigenvalue weighted by Gasteiger charge is -2.24. The minimum Gasteiger partial charge on any atom is -0.478 e. The maximum atomic E-state index is 11.6. The number of aromatic nitrogens is 4. The molecule has 1 aliphatic carbocycles. The van der Waals surface area contributed by atoms with E-state index in [1.54, 1.807) is 36.7 Å². The second-order valence-electron chi connectivity index (χ2n) is 7.54. The maximum Gasteiger partial charge on any atom is 0.336 e. The number of nitrogens with zero attached hydrogens (tertiary/aromatic N) is 5. The van der Waals surface area contributed by atoms with E-state index < -0.39 is 5.97 Å². The molecule has 1 aliphatic rings. The van der Waals surface area contributed by atoms with Crippen molar-refractivity contribution < 1.29 is 9.90 Å². The molecule has 8 heteroatoms. The fraction of sp³-hybridized carbons (Fsp3) is 0.318. The molecule has 2 heterocycles. The van der Waals surface area contributed by atoms with E-state index in [4.69, 9.17) is 5.26 Å². The normalized spacial score (nSPS) is 18.5. The van der Waals surface area contributed by atoms with E-state index in [2.05, 4.69) is 26.5 Å². The highest BCUT2D eigenvalue weighted by molar-refractivity contribution is 5.95. The molecule has 0 aliphatic heterocycles. The molecule has 1 saturated carbocycles. The van der Waals surface area contributed by atoms with Crippen molar-refractivity contribution in [2.45, 2.75) is 38.6 Å². The van der Waals surface area contributed by atoms with E-state index in [1.807, 2.05) is 17.8 Å². The van der Waals surface area contributed by atoms with Crippen LogP contribution < -0.4 is 5.32 Å². The molecule has 2 N–H and O–H groups in total. The van der Waals surface area contributed by atoms with Crippen molar-refractivity contribution >= 4 is 17.6 Å². The molecule has 2 aromatic heterocycles. The lowest BCUT2D eigenvalue weighted by atomic mass is 9.87. The van der Waals surface area contributed by atoms with Crippen LogP contribution in [0.15, 0.2) is 42.9 Å². The fourth-order valence-corrected chi connectivity index (χ4v) is 3.85. The Labute approximate surface area is 174 Å². The van der Waals surface area contributed by atoms with E-state index in [0.717, 1.165) is 36.9 Å². The van der Waals surface area contributed by atoms with Gasteiger partial charge in [-0.2, -0.15) is 10.4 Å². The number of aromatic carboxylic acids is 1. The minimum atomic E-state index is -0.995. The molecule has 0 atom stereocenters. The van der Waals surface area contributed by atoms with Crippen molar-refractivity contribution in [3.8, 4) is 17.3 Å². The van der Waals surface area contributed by atoms with Gasteiger partial charge in [-0.25, -0.2) is 14.8 Å². The summed E-state index contributed by atoms with van der Waals surface area (Å²) in [6.45, 7) is 1.85. The Bertz CT molecular complexity index is 1110. The van der Waals surface area contributed by atoms with Crippen molar-refractivity contribution in [1.29, 1.82) is 5.26 Å². The topological polar surface area (TPSA) is 117 Å². The van der Waals surface area contributed by atoms with Gasteiger partial charge in [-0.15, -0.1) is 0 Å². The highest BCUT2D eigenvalue weighted by Gasteiger charge is 2.23. The number of nitrogens with one attached hydrogen (secondary N) is 1. The van der Waals surface area contributed by atoms with Gasteiger partial charge < -0.3 is 10.4 Å². The van der Waals surface area contributed by atoms with E-state index in [-0.39, 0.29) is 11.5 Å². The molecule has 0 amide bonds. The van der Waals surface area contributed by atoms with Crippen LogP contribution in [0.2, 0.25) is 0 Å². The SMILES string of the molecule is Cc1cnc(Nc2cnn([C@H]3CC[C@@H](C#N)CC3)c2)nc1-c1ccccc1C(=O)O. The van der Waals surface area contributed by atoms with Crippen LogP contribution in [-0.2, 0) is 0 Å². The van der Waals surface area contributed by atoms with Gasteiger partial charge in [0.2, 0.25) is 5.95 Å². The molecule has 0 radical (unpaired) electrons. The lowest BCUT2D eigenvalue weighted by Crippen LogP contribution is -2.17. The Morgan fingerprint density at radius 1 is 1.23 bits per heavy atom. The van der Waals surface area contributed by atoms with Gasteiger partial charge in [0.15, 0.2) is 0 Å². The van der Waals surface area contributed by atoms with E-state index in [1.165, 1.54) is 0 Å². The Morgan fingerprint density at radius 2 is 2.00 bits per heavy atom. The number of carboxylic acids is 1. The highest BCUT2D eigenvalue weighted by Crippen LogP contribution is 2.32. The monoisotopic (exact) mass is 402 g/mol. The second kappa shape index (κ2) is 8.33. The van der Waals surface area contributed by atoms with Crippen LogP contribution in [0.25, 0.3) is 11.3 Å². The summed E-state index contributed by atoms with van der Waals surface area (Å²) in [6, 6.07) is 9.45. The summed E-state index contributed by atoms with van der Waals surface area (Å²) in [5.74, 6) is -0.462. The third kappa shape index (κ3) is 4.01. The van der Waals surface area contributed by atoms with Crippen LogP contribution in [0.3, 0.4) is 0 Å². The summed E-state index contributed by atoms with van der Waals surface area (Å²) >= 11 is 0. The van der Waals surface area contributed by atoms with Gasteiger partial charge in [0, 0.05) is 23.9 Å². The molecule has 8 nitrogen and oxygen atoms in total. The van der Waals surface area contributed by atoms with Crippen LogP contribution >= 0.6 is 0 Å². The van der Waals surface area contributed by atoms with Gasteiger partial charge in [0.25, 0.3) is 0 Å². The number of hydrogen-bond acceptors (Lipinski definition) is 6. The molecule has 0 unspecified atom stereocenters. The third-order valence-electron chi connectivity index (χ3n) is 5.50. The fourth-order valence-electron chi connectivity index (χ4n) is 3.85. The molecule has 3 aromatic rings. The maximum absolute atomic E-state index is 11.6. The van der Waals surface area contributed by atoms with Crippen molar-refractivity contribution in [1.82, 2.24) is 19.7 Å². The summed E-state index contributed by atoms with van der Waals surface area (Å²) in [7, 11) is 0. The Morgan fingerprint density at radius 3 is 2.73 bits per heavy atom. The summed E-state index contributed by atoms with van der Waals surface area (Å²) in [6.07, 6.45) is 9.01. The first kappa shape index (κ1) is 19.6. The average molecular weight is 402 g/mol. The molecule has 4 rings (SSSR count). The van der Waals surface area contributed by atoms with Crippen LogP contribution in [0.4, 0.5) is 11.6 Å². The number of anilines is 2. The largest absolute Gasteiger partial charge is 0.478 e. The first-order valence-corrected chi connectivity index (χ1v) is 9.92. The van der Waals surface area contributed by atoms with Gasteiger partial charge >= 0.3 is 5.97 Å². The smallest absolute Gasteiger partial charge is 0.336 e. The van der Waals surface area contributed by atoms with Gasteiger partial charge in [0.05, 0.1) is 35.3 Å². The van der Waals surface area contributed by atoms with Crippen LogP contribution in [-0.4, -0.2) is 30.8 Å². The zero-order valence-corrected chi connectivity index (χ0v) is 16.6. The van der Waals surface area contributed by atoms with Crippen LogP contribution in [0.1, 0.15) is 47.6 Å². The van der Waals surface area contributed by atoms with E-state index in [0.29, 0.717) is 23.2 Å². The van der Waals surface area contributed by atoms with Gasteiger partial charge in [-0.3, -0.25) is 4.68 Å².